The van der Waals surface area contributed by atoms with E-state index in [0.717, 1.165) is 10.8 Å². The first kappa shape index (κ1) is 11.6. The minimum atomic E-state index is -0.496. The zero-order valence-corrected chi connectivity index (χ0v) is 10.2. The number of fused-ring (bicyclic) bond motifs is 1. The molecule has 0 aliphatic rings. The van der Waals surface area contributed by atoms with Crippen molar-refractivity contribution in [2.45, 2.75) is 26.4 Å². The molecule has 1 aromatic heterocycles. The van der Waals surface area contributed by atoms with Gasteiger partial charge in [-0.15, -0.1) is 0 Å². The SMILES string of the molecule is CC(C)(C)OC(=O)c1cc2ccccc2cn1. The maximum Gasteiger partial charge on any atom is 0.357 e. The first-order valence-corrected chi connectivity index (χ1v) is 5.54. The molecule has 0 atom stereocenters. The molecule has 3 heteroatoms. The zero-order chi connectivity index (χ0) is 12.5. The predicted octanol–water partition coefficient (Wildman–Crippen LogP) is 3.19. The van der Waals surface area contributed by atoms with Crippen LogP contribution in [0.5, 0.6) is 0 Å². The molecule has 0 saturated heterocycles. The summed E-state index contributed by atoms with van der Waals surface area (Å²) in [5.74, 6) is -0.386. The molecule has 0 amide bonds. The van der Waals surface area contributed by atoms with Gasteiger partial charge in [0.15, 0.2) is 0 Å². The maximum atomic E-state index is 11.8. The summed E-state index contributed by atoms with van der Waals surface area (Å²) in [7, 11) is 0. The van der Waals surface area contributed by atoms with Crippen LogP contribution < -0.4 is 0 Å². The molecule has 0 saturated carbocycles. The smallest absolute Gasteiger partial charge is 0.357 e. The van der Waals surface area contributed by atoms with Crippen molar-refractivity contribution in [3.63, 3.8) is 0 Å². The lowest BCUT2D eigenvalue weighted by atomic mass is 10.1. The fraction of sp³-hybridized carbons (Fsp3) is 0.286. The second-order valence-electron chi connectivity index (χ2n) is 4.92. The van der Waals surface area contributed by atoms with Crippen molar-refractivity contribution in [1.82, 2.24) is 4.98 Å². The third-order valence-electron chi connectivity index (χ3n) is 2.24. The highest BCUT2D eigenvalue weighted by molar-refractivity contribution is 5.93. The molecule has 17 heavy (non-hydrogen) atoms. The van der Waals surface area contributed by atoms with Crippen LogP contribution in [0.4, 0.5) is 0 Å². The van der Waals surface area contributed by atoms with Gasteiger partial charge in [-0.3, -0.25) is 0 Å². The minimum absolute atomic E-state index is 0.346. The highest BCUT2D eigenvalue weighted by Gasteiger charge is 2.18. The van der Waals surface area contributed by atoms with Crippen molar-refractivity contribution in [3.05, 3.63) is 42.2 Å². The van der Waals surface area contributed by atoms with Gasteiger partial charge in [-0.05, 0) is 32.2 Å². The van der Waals surface area contributed by atoms with Gasteiger partial charge < -0.3 is 4.74 Å². The molecule has 0 aliphatic carbocycles. The van der Waals surface area contributed by atoms with Gasteiger partial charge in [-0.1, -0.05) is 24.3 Å². The Morgan fingerprint density at radius 2 is 1.82 bits per heavy atom. The molecule has 2 aromatic rings. The molecule has 2 rings (SSSR count). The van der Waals surface area contributed by atoms with Crippen molar-refractivity contribution in [3.8, 4) is 0 Å². The van der Waals surface area contributed by atoms with Crippen molar-refractivity contribution >= 4 is 16.7 Å². The lowest BCUT2D eigenvalue weighted by molar-refractivity contribution is 0.00631. The van der Waals surface area contributed by atoms with Gasteiger partial charge >= 0.3 is 5.97 Å². The van der Waals surface area contributed by atoms with Gasteiger partial charge in [-0.25, -0.2) is 9.78 Å². The summed E-state index contributed by atoms with van der Waals surface area (Å²) in [5.41, 5.74) is -0.150. The van der Waals surface area contributed by atoms with E-state index in [2.05, 4.69) is 4.98 Å². The van der Waals surface area contributed by atoms with Gasteiger partial charge in [0, 0.05) is 11.6 Å². The van der Waals surface area contributed by atoms with Crippen LogP contribution in [0.15, 0.2) is 36.5 Å². The fourth-order valence-electron chi connectivity index (χ4n) is 1.53. The number of aromatic nitrogens is 1. The highest BCUT2D eigenvalue weighted by Crippen LogP contribution is 2.16. The molecular formula is C14H15NO2. The summed E-state index contributed by atoms with van der Waals surface area (Å²) in [6.07, 6.45) is 1.69. The largest absolute Gasteiger partial charge is 0.455 e. The summed E-state index contributed by atoms with van der Waals surface area (Å²) < 4.78 is 5.27. The van der Waals surface area contributed by atoms with E-state index in [1.165, 1.54) is 0 Å². The van der Waals surface area contributed by atoms with E-state index in [4.69, 9.17) is 4.74 Å². The Morgan fingerprint density at radius 3 is 2.47 bits per heavy atom. The lowest BCUT2D eigenvalue weighted by Gasteiger charge is -2.19. The number of hydrogen-bond acceptors (Lipinski definition) is 3. The fourth-order valence-corrected chi connectivity index (χ4v) is 1.53. The monoisotopic (exact) mass is 229 g/mol. The standard InChI is InChI=1S/C14H15NO2/c1-14(2,3)17-13(16)12-8-10-6-4-5-7-11(10)9-15-12/h4-9H,1-3H3. The van der Waals surface area contributed by atoms with Crippen LogP contribution in [0.1, 0.15) is 31.3 Å². The molecule has 0 N–H and O–H groups in total. The van der Waals surface area contributed by atoms with E-state index in [1.54, 1.807) is 12.3 Å². The van der Waals surface area contributed by atoms with Gasteiger partial charge in [-0.2, -0.15) is 0 Å². The Labute approximate surface area is 100 Å². The average molecular weight is 229 g/mol. The summed E-state index contributed by atoms with van der Waals surface area (Å²) in [6.45, 7) is 5.52. The maximum absolute atomic E-state index is 11.8. The normalized spacial score (nSPS) is 11.5. The number of hydrogen-bond donors (Lipinski definition) is 0. The summed E-state index contributed by atoms with van der Waals surface area (Å²) >= 11 is 0. The van der Waals surface area contributed by atoms with Crippen molar-refractivity contribution < 1.29 is 9.53 Å². The first-order chi connectivity index (χ1) is 7.96. The molecule has 0 unspecified atom stereocenters. The van der Waals surface area contributed by atoms with Crippen LogP contribution in [0.25, 0.3) is 10.8 Å². The first-order valence-electron chi connectivity index (χ1n) is 5.54. The molecule has 3 nitrogen and oxygen atoms in total. The summed E-state index contributed by atoms with van der Waals surface area (Å²) in [4.78, 5) is 15.9. The van der Waals surface area contributed by atoms with Crippen LogP contribution >= 0.6 is 0 Å². The van der Waals surface area contributed by atoms with Crippen LogP contribution in [-0.2, 0) is 4.74 Å². The number of benzene rings is 1. The van der Waals surface area contributed by atoms with E-state index in [-0.39, 0.29) is 5.97 Å². The molecule has 88 valence electrons. The van der Waals surface area contributed by atoms with Gasteiger partial charge in [0.2, 0.25) is 0 Å². The number of nitrogens with zero attached hydrogens (tertiary/aromatic N) is 1. The predicted molar refractivity (Wildman–Crippen MR) is 66.9 cm³/mol. The van der Waals surface area contributed by atoms with Crippen LogP contribution in [-0.4, -0.2) is 16.6 Å². The van der Waals surface area contributed by atoms with Crippen LogP contribution in [0, 0.1) is 0 Å². The van der Waals surface area contributed by atoms with E-state index in [0.29, 0.717) is 5.69 Å². The van der Waals surface area contributed by atoms with Crippen LogP contribution in [0.3, 0.4) is 0 Å². The Hall–Kier alpha value is -1.90. The summed E-state index contributed by atoms with van der Waals surface area (Å²) in [5, 5.41) is 2.00. The second kappa shape index (κ2) is 4.17. The second-order valence-corrected chi connectivity index (χ2v) is 4.92. The molecule has 1 aromatic carbocycles. The number of carbonyl (C=O) groups is 1. The average Bonchev–Trinajstić information content (AvgIpc) is 2.26. The van der Waals surface area contributed by atoms with E-state index >= 15 is 0 Å². The van der Waals surface area contributed by atoms with Crippen molar-refractivity contribution in [2.24, 2.45) is 0 Å². The number of pyridine rings is 1. The summed E-state index contributed by atoms with van der Waals surface area (Å²) in [6, 6.07) is 9.54. The Morgan fingerprint density at radius 1 is 1.18 bits per heavy atom. The quantitative estimate of drug-likeness (QED) is 0.705. The number of rotatable bonds is 1. The van der Waals surface area contributed by atoms with Crippen LogP contribution in [0.2, 0.25) is 0 Å². The van der Waals surface area contributed by atoms with Crippen molar-refractivity contribution in [1.29, 1.82) is 0 Å². The number of ether oxygens (including phenoxy) is 1. The molecule has 0 aliphatic heterocycles. The van der Waals surface area contributed by atoms with E-state index in [9.17, 15) is 4.79 Å². The molecule has 1 heterocycles. The lowest BCUT2D eigenvalue weighted by Crippen LogP contribution is -2.24. The Bertz CT molecular complexity index is 555. The molecule has 0 spiro atoms. The molecular weight excluding hydrogens is 214 g/mol. The Balaban J connectivity index is 2.33. The zero-order valence-electron chi connectivity index (χ0n) is 10.2. The number of carbonyl (C=O) groups excluding carboxylic acids is 1. The third kappa shape index (κ3) is 2.81. The van der Waals surface area contributed by atoms with Gasteiger partial charge in [0.1, 0.15) is 11.3 Å². The van der Waals surface area contributed by atoms with E-state index in [1.807, 2.05) is 45.0 Å². The molecule has 0 fully saturated rings. The highest BCUT2D eigenvalue weighted by atomic mass is 16.6. The minimum Gasteiger partial charge on any atom is -0.455 e. The van der Waals surface area contributed by atoms with Crippen molar-refractivity contribution in [2.75, 3.05) is 0 Å². The molecule has 0 radical (unpaired) electrons. The van der Waals surface area contributed by atoms with Gasteiger partial charge in [0.25, 0.3) is 0 Å². The molecule has 0 bridgehead atoms. The topological polar surface area (TPSA) is 39.2 Å². The van der Waals surface area contributed by atoms with Gasteiger partial charge in [0.05, 0.1) is 0 Å². The van der Waals surface area contributed by atoms with E-state index < -0.39 is 5.60 Å². The third-order valence-corrected chi connectivity index (χ3v) is 2.24. The Kier molecular flexibility index (Phi) is 2.84. The number of esters is 1.